The van der Waals surface area contributed by atoms with Gasteiger partial charge in [-0.05, 0) is 77.4 Å². The molecule has 0 saturated heterocycles. The quantitative estimate of drug-likeness (QED) is 0.172. The van der Waals surface area contributed by atoms with Gasteiger partial charge in [0.25, 0.3) is 0 Å². The van der Waals surface area contributed by atoms with E-state index in [9.17, 15) is 0 Å². The Bertz CT molecular complexity index is 3200. The van der Waals surface area contributed by atoms with Crippen LogP contribution in [0.3, 0.4) is 0 Å². The molecule has 2 heterocycles. The van der Waals surface area contributed by atoms with Crippen molar-refractivity contribution in [2.45, 2.75) is 12.8 Å². The molecule has 1 aliphatic rings. The minimum Gasteiger partial charge on any atom is -0.456 e. The van der Waals surface area contributed by atoms with Crippen molar-refractivity contribution in [2.75, 3.05) is 4.90 Å². The molecule has 260 valence electrons. The monoisotopic (exact) mass is 705 g/mol. The summed E-state index contributed by atoms with van der Waals surface area (Å²) < 4.78 is 13.4. The third-order valence-electron chi connectivity index (χ3n) is 11.2. The summed E-state index contributed by atoms with van der Waals surface area (Å²) in [6.45, 7) is 0. The van der Waals surface area contributed by atoms with Crippen LogP contribution >= 0.6 is 0 Å². The van der Waals surface area contributed by atoms with E-state index in [-0.39, 0.29) is 0 Å². The maximum atomic E-state index is 6.88. The lowest BCUT2D eigenvalue weighted by atomic mass is 9.95. The van der Waals surface area contributed by atoms with Crippen LogP contribution in [0.1, 0.15) is 18.4 Å². The van der Waals surface area contributed by atoms with Crippen molar-refractivity contribution in [1.29, 1.82) is 0 Å². The van der Waals surface area contributed by atoms with Gasteiger partial charge in [-0.15, -0.1) is 0 Å². The van der Waals surface area contributed by atoms with Crippen LogP contribution in [0.5, 0.6) is 0 Å². The van der Waals surface area contributed by atoms with Crippen LogP contribution in [0.25, 0.3) is 77.6 Å². The highest BCUT2D eigenvalue weighted by molar-refractivity contribution is 6.17. The van der Waals surface area contributed by atoms with Crippen molar-refractivity contribution in [3.8, 4) is 22.3 Å². The Morgan fingerprint density at radius 2 is 1.13 bits per heavy atom. The van der Waals surface area contributed by atoms with Crippen LogP contribution in [0, 0.1) is 0 Å². The molecule has 0 fully saturated rings. The molecule has 0 saturated carbocycles. The smallest absolute Gasteiger partial charge is 0.143 e. The minimum atomic E-state index is 0.890. The van der Waals surface area contributed by atoms with E-state index in [1.165, 1.54) is 38.3 Å². The van der Waals surface area contributed by atoms with Gasteiger partial charge in [-0.1, -0.05) is 146 Å². The first-order valence-corrected chi connectivity index (χ1v) is 19.0. The summed E-state index contributed by atoms with van der Waals surface area (Å²) in [6.07, 6.45) is 4.22. The fourth-order valence-electron chi connectivity index (χ4n) is 8.57. The maximum absolute atomic E-state index is 6.88. The SMILES string of the molecule is C1=c2c(oc3ccccc23)=C(c2cccc(N(c3ccc(-c4ccccc4)cc3)c3ccccc3-c3cccc4c3oc3c5ccccc5ccc43)c2)CC1. The lowest BCUT2D eigenvalue weighted by Crippen LogP contribution is -2.26. The molecule has 0 unspecified atom stereocenters. The first kappa shape index (κ1) is 31.4. The molecule has 0 atom stereocenters. The Kier molecular flexibility index (Phi) is 7.31. The molecular formula is C52H35NO2. The third-order valence-corrected chi connectivity index (χ3v) is 11.2. The summed E-state index contributed by atoms with van der Waals surface area (Å²) in [5.74, 6) is 0. The van der Waals surface area contributed by atoms with Crippen molar-refractivity contribution in [3.05, 3.63) is 198 Å². The summed E-state index contributed by atoms with van der Waals surface area (Å²) in [4.78, 5) is 2.39. The molecule has 2 aromatic heterocycles. The highest BCUT2D eigenvalue weighted by atomic mass is 16.3. The maximum Gasteiger partial charge on any atom is 0.143 e. The third kappa shape index (κ3) is 5.20. The average molecular weight is 706 g/mol. The van der Waals surface area contributed by atoms with E-state index in [1.807, 2.05) is 6.07 Å². The van der Waals surface area contributed by atoms with Gasteiger partial charge < -0.3 is 13.7 Å². The summed E-state index contributed by atoms with van der Waals surface area (Å²) >= 11 is 0. The fourth-order valence-corrected chi connectivity index (χ4v) is 8.57. The van der Waals surface area contributed by atoms with E-state index < -0.39 is 0 Å². The predicted octanol–water partition coefficient (Wildman–Crippen LogP) is 13.1. The molecule has 0 radical (unpaired) electrons. The zero-order chi connectivity index (χ0) is 36.3. The van der Waals surface area contributed by atoms with Crippen molar-refractivity contribution in [2.24, 2.45) is 0 Å². The molecule has 10 aromatic rings. The van der Waals surface area contributed by atoms with Crippen LogP contribution in [0.4, 0.5) is 17.1 Å². The molecule has 11 rings (SSSR count). The van der Waals surface area contributed by atoms with E-state index in [2.05, 4.69) is 187 Å². The highest BCUT2D eigenvalue weighted by Crippen LogP contribution is 2.45. The molecule has 55 heavy (non-hydrogen) atoms. The molecule has 0 bridgehead atoms. The minimum absolute atomic E-state index is 0.890. The van der Waals surface area contributed by atoms with Gasteiger partial charge in [0.1, 0.15) is 22.2 Å². The number of furan rings is 2. The number of para-hydroxylation sites is 3. The lowest BCUT2D eigenvalue weighted by molar-refractivity contribution is 0.568. The number of anilines is 3. The van der Waals surface area contributed by atoms with E-state index in [1.54, 1.807) is 0 Å². The van der Waals surface area contributed by atoms with Gasteiger partial charge in [0.15, 0.2) is 0 Å². The van der Waals surface area contributed by atoms with E-state index >= 15 is 0 Å². The second-order valence-corrected chi connectivity index (χ2v) is 14.3. The number of hydrogen-bond donors (Lipinski definition) is 0. The summed E-state index contributed by atoms with van der Waals surface area (Å²) in [5.41, 5.74) is 13.8. The van der Waals surface area contributed by atoms with Gasteiger partial charge >= 0.3 is 0 Å². The number of nitrogens with zero attached hydrogens (tertiary/aromatic N) is 1. The summed E-state index contributed by atoms with van der Waals surface area (Å²) in [5, 5.41) is 6.91. The number of rotatable bonds is 6. The Morgan fingerprint density at radius 1 is 0.436 bits per heavy atom. The molecule has 0 spiro atoms. The van der Waals surface area contributed by atoms with E-state index in [0.29, 0.717) is 0 Å². The standard InChI is InChI=1S/C52H35NO2/c1-2-13-34(14-3-1)35-27-30-38(31-28-35)53(39-17-10-16-37(33-39)41-21-11-23-45-43-20-7-9-26-49(43)54-50(41)45)48-25-8-6-19-42(48)44-22-12-24-46-47-32-29-36-15-4-5-18-40(36)51(47)55-52(44)46/h1-10,12-20,22-33H,11,21H2. The molecule has 3 heteroatoms. The predicted molar refractivity (Wildman–Crippen MR) is 228 cm³/mol. The first-order chi connectivity index (χ1) is 27.3. The largest absolute Gasteiger partial charge is 0.456 e. The van der Waals surface area contributed by atoms with Gasteiger partial charge in [-0.3, -0.25) is 0 Å². The zero-order valence-corrected chi connectivity index (χ0v) is 30.1. The van der Waals surface area contributed by atoms with Gasteiger partial charge in [0.2, 0.25) is 0 Å². The van der Waals surface area contributed by atoms with Crippen molar-refractivity contribution >= 4 is 72.4 Å². The van der Waals surface area contributed by atoms with Gasteiger partial charge in [-0.25, -0.2) is 0 Å². The van der Waals surface area contributed by atoms with Crippen molar-refractivity contribution in [3.63, 3.8) is 0 Å². The highest BCUT2D eigenvalue weighted by Gasteiger charge is 2.22. The van der Waals surface area contributed by atoms with Crippen LogP contribution < -0.4 is 15.5 Å². The van der Waals surface area contributed by atoms with Crippen LogP contribution in [-0.2, 0) is 0 Å². The van der Waals surface area contributed by atoms with Crippen LogP contribution in [-0.4, -0.2) is 0 Å². The Balaban J connectivity index is 1.12. The number of fused-ring (bicyclic) bond motifs is 8. The molecule has 8 aromatic carbocycles. The first-order valence-electron chi connectivity index (χ1n) is 19.0. The van der Waals surface area contributed by atoms with Crippen molar-refractivity contribution in [1.82, 2.24) is 0 Å². The molecule has 1 aliphatic carbocycles. The van der Waals surface area contributed by atoms with Gasteiger partial charge in [0, 0.05) is 54.8 Å². The molecule has 0 amide bonds. The Hall–Kier alpha value is -7.10. The normalized spacial score (nSPS) is 12.7. The van der Waals surface area contributed by atoms with Crippen LogP contribution in [0.15, 0.2) is 191 Å². The van der Waals surface area contributed by atoms with Gasteiger partial charge in [-0.2, -0.15) is 0 Å². The molecule has 0 aliphatic heterocycles. The number of benzene rings is 8. The lowest BCUT2D eigenvalue weighted by Gasteiger charge is -2.28. The van der Waals surface area contributed by atoms with Crippen molar-refractivity contribution < 1.29 is 8.83 Å². The average Bonchev–Trinajstić information content (AvgIpc) is 3.84. The molecule has 3 nitrogen and oxygen atoms in total. The second kappa shape index (κ2) is 12.8. The fraction of sp³-hybridized carbons (Fsp3) is 0.0385. The molecule has 0 N–H and O–H groups in total. The zero-order valence-electron chi connectivity index (χ0n) is 30.1. The van der Waals surface area contributed by atoms with Crippen LogP contribution in [0.2, 0.25) is 0 Å². The summed E-state index contributed by atoms with van der Waals surface area (Å²) in [6, 6.07) is 64.9. The molecular weight excluding hydrogens is 671 g/mol. The summed E-state index contributed by atoms with van der Waals surface area (Å²) in [7, 11) is 0. The Morgan fingerprint density at radius 3 is 2.04 bits per heavy atom. The van der Waals surface area contributed by atoms with E-state index in [4.69, 9.17) is 8.83 Å². The van der Waals surface area contributed by atoms with E-state index in [0.717, 1.165) is 79.4 Å². The number of hydrogen-bond acceptors (Lipinski definition) is 3. The topological polar surface area (TPSA) is 29.5 Å². The second-order valence-electron chi connectivity index (χ2n) is 14.3. The Labute approximate surface area is 318 Å². The van der Waals surface area contributed by atoms with Gasteiger partial charge in [0.05, 0.1) is 5.69 Å².